The van der Waals surface area contributed by atoms with Crippen molar-refractivity contribution in [2.45, 2.75) is 44.2 Å². The van der Waals surface area contributed by atoms with Crippen LogP contribution in [0.15, 0.2) is 18.7 Å². The Morgan fingerprint density at radius 2 is 2.05 bits per heavy atom. The van der Waals surface area contributed by atoms with E-state index in [9.17, 15) is 0 Å². The van der Waals surface area contributed by atoms with Crippen molar-refractivity contribution >= 4 is 0 Å². The van der Waals surface area contributed by atoms with Crippen molar-refractivity contribution < 1.29 is 0 Å². The highest BCUT2D eigenvalue weighted by Crippen LogP contribution is 2.43. The van der Waals surface area contributed by atoms with Crippen molar-refractivity contribution in [2.75, 3.05) is 21.1 Å². The van der Waals surface area contributed by atoms with Gasteiger partial charge in [0.15, 0.2) is 0 Å². The molecule has 1 N–H and O–H groups in total. The maximum atomic E-state index is 4.19. The molecule has 4 nitrogen and oxygen atoms in total. The third kappa shape index (κ3) is 2.79. The SMILES string of the molecule is CNC(c1cncnc1)C1(N(C)C)CCCC(C)C1. The predicted octanol–water partition coefficient (Wildman–Crippen LogP) is 2.25. The van der Waals surface area contributed by atoms with Crippen molar-refractivity contribution in [1.29, 1.82) is 0 Å². The van der Waals surface area contributed by atoms with E-state index in [0.717, 1.165) is 5.92 Å². The Morgan fingerprint density at radius 3 is 2.58 bits per heavy atom. The first-order chi connectivity index (χ1) is 9.10. The average molecular weight is 262 g/mol. The van der Waals surface area contributed by atoms with Crippen molar-refractivity contribution in [1.82, 2.24) is 20.2 Å². The van der Waals surface area contributed by atoms with Crippen molar-refractivity contribution in [3.63, 3.8) is 0 Å². The summed E-state index contributed by atoms with van der Waals surface area (Å²) < 4.78 is 0. The van der Waals surface area contributed by atoms with E-state index < -0.39 is 0 Å². The molecule has 106 valence electrons. The first kappa shape index (κ1) is 14.4. The van der Waals surface area contributed by atoms with Crippen LogP contribution in [0.2, 0.25) is 0 Å². The monoisotopic (exact) mass is 262 g/mol. The lowest BCUT2D eigenvalue weighted by atomic mass is 9.70. The van der Waals surface area contributed by atoms with Crippen LogP contribution in [0.4, 0.5) is 0 Å². The quantitative estimate of drug-likeness (QED) is 0.903. The molecule has 1 aliphatic carbocycles. The second-order valence-corrected chi connectivity index (χ2v) is 6.09. The molecule has 3 atom stereocenters. The van der Waals surface area contributed by atoms with Crippen LogP contribution >= 0.6 is 0 Å². The third-order valence-electron chi connectivity index (χ3n) is 4.64. The van der Waals surface area contributed by atoms with Gasteiger partial charge in [-0.05, 0) is 39.9 Å². The van der Waals surface area contributed by atoms with Crippen LogP contribution in [-0.4, -0.2) is 41.5 Å². The zero-order chi connectivity index (χ0) is 13.9. The minimum absolute atomic E-state index is 0.164. The first-order valence-electron chi connectivity index (χ1n) is 7.20. The summed E-state index contributed by atoms with van der Waals surface area (Å²) in [7, 11) is 6.44. The lowest BCUT2D eigenvalue weighted by Crippen LogP contribution is -2.55. The van der Waals surface area contributed by atoms with Crippen LogP contribution in [-0.2, 0) is 0 Å². The van der Waals surface area contributed by atoms with E-state index in [1.807, 2.05) is 19.4 Å². The minimum Gasteiger partial charge on any atom is -0.311 e. The zero-order valence-electron chi connectivity index (χ0n) is 12.6. The fourth-order valence-corrected chi connectivity index (χ4v) is 3.70. The molecule has 0 bridgehead atoms. The molecule has 2 rings (SSSR count). The van der Waals surface area contributed by atoms with Crippen LogP contribution in [0.3, 0.4) is 0 Å². The summed E-state index contributed by atoms with van der Waals surface area (Å²) in [5.41, 5.74) is 1.35. The smallest absolute Gasteiger partial charge is 0.115 e. The van der Waals surface area contributed by atoms with Crippen molar-refractivity contribution in [3.8, 4) is 0 Å². The molecule has 1 aromatic heterocycles. The number of nitrogens with zero attached hydrogens (tertiary/aromatic N) is 3. The fraction of sp³-hybridized carbons (Fsp3) is 0.733. The summed E-state index contributed by atoms with van der Waals surface area (Å²) in [6.07, 6.45) is 10.6. The summed E-state index contributed by atoms with van der Waals surface area (Å²) in [6, 6.07) is 0.284. The second kappa shape index (κ2) is 5.97. The average Bonchev–Trinajstić information content (AvgIpc) is 2.40. The molecule has 1 saturated carbocycles. The zero-order valence-corrected chi connectivity index (χ0v) is 12.6. The first-order valence-corrected chi connectivity index (χ1v) is 7.20. The van der Waals surface area contributed by atoms with E-state index in [-0.39, 0.29) is 11.6 Å². The van der Waals surface area contributed by atoms with Gasteiger partial charge in [0.2, 0.25) is 0 Å². The molecule has 19 heavy (non-hydrogen) atoms. The highest BCUT2D eigenvalue weighted by Gasteiger charge is 2.43. The van der Waals surface area contributed by atoms with E-state index in [0.29, 0.717) is 0 Å². The van der Waals surface area contributed by atoms with Crippen LogP contribution < -0.4 is 5.32 Å². The summed E-state index contributed by atoms with van der Waals surface area (Å²) in [4.78, 5) is 10.8. The molecular formula is C15H26N4. The molecular weight excluding hydrogens is 236 g/mol. The highest BCUT2D eigenvalue weighted by atomic mass is 15.2. The minimum atomic E-state index is 0.164. The van der Waals surface area contributed by atoms with Gasteiger partial charge in [-0.25, -0.2) is 9.97 Å². The number of hydrogen-bond donors (Lipinski definition) is 1. The molecule has 3 unspecified atom stereocenters. The fourth-order valence-electron chi connectivity index (χ4n) is 3.70. The van der Waals surface area contributed by atoms with Gasteiger partial charge in [-0.1, -0.05) is 19.8 Å². The van der Waals surface area contributed by atoms with Gasteiger partial charge in [-0.15, -0.1) is 0 Å². The van der Waals surface area contributed by atoms with E-state index in [4.69, 9.17) is 0 Å². The van der Waals surface area contributed by atoms with E-state index in [1.165, 1.54) is 31.2 Å². The van der Waals surface area contributed by atoms with Gasteiger partial charge in [0.1, 0.15) is 6.33 Å². The molecule has 0 saturated heterocycles. The molecule has 1 aliphatic rings. The Balaban J connectivity index is 2.36. The van der Waals surface area contributed by atoms with E-state index >= 15 is 0 Å². The van der Waals surface area contributed by atoms with Gasteiger partial charge in [0.25, 0.3) is 0 Å². The van der Waals surface area contributed by atoms with Gasteiger partial charge in [0.05, 0.1) is 6.04 Å². The number of nitrogens with one attached hydrogen (secondary N) is 1. The summed E-state index contributed by atoms with van der Waals surface area (Å²) >= 11 is 0. The number of aromatic nitrogens is 2. The second-order valence-electron chi connectivity index (χ2n) is 6.09. The van der Waals surface area contributed by atoms with E-state index in [1.54, 1.807) is 6.33 Å². The molecule has 1 heterocycles. The van der Waals surface area contributed by atoms with Gasteiger partial charge >= 0.3 is 0 Å². The van der Waals surface area contributed by atoms with E-state index in [2.05, 4.69) is 41.2 Å². The lowest BCUT2D eigenvalue weighted by molar-refractivity contribution is 0.0390. The largest absolute Gasteiger partial charge is 0.311 e. The molecule has 4 heteroatoms. The number of rotatable bonds is 4. The maximum Gasteiger partial charge on any atom is 0.115 e. The Bertz CT molecular complexity index is 392. The van der Waals surface area contributed by atoms with Gasteiger partial charge in [-0.2, -0.15) is 0 Å². The lowest BCUT2D eigenvalue weighted by Gasteiger charge is -2.50. The normalized spacial score (nSPS) is 29.4. The Hall–Kier alpha value is -1.00. The number of likely N-dealkylation sites (N-methyl/N-ethyl adjacent to an activating group) is 2. The topological polar surface area (TPSA) is 41.1 Å². The standard InChI is InChI=1S/C15H26N4/c1-12-6-5-7-15(8-12,19(3)4)14(16-2)13-9-17-11-18-10-13/h9-12,14,16H,5-8H2,1-4H3. The van der Waals surface area contributed by atoms with Crippen LogP contribution in [0.1, 0.15) is 44.2 Å². The van der Waals surface area contributed by atoms with Crippen molar-refractivity contribution in [2.24, 2.45) is 5.92 Å². The number of hydrogen-bond acceptors (Lipinski definition) is 4. The molecule has 0 aromatic carbocycles. The highest BCUT2D eigenvalue weighted by molar-refractivity contribution is 5.18. The Morgan fingerprint density at radius 1 is 1.37 bits per heavy atom. The predicted molar refractivity (Wildman–Crippen MR) is 77.9 cm³/mol. The van der Waals surface area contributed by atoms with Gasteiger partial charge in [0, 0.05) is 23.5 Å². The maximum absolute atomic E-state index is 4.19. The molecule has 0 spiro atoms. The molecule has 0 radical (unpaired) electrons. The van der Waals surface area contributed by atoms with Crippen LogP contribution in [0.25, 0.3) is 0 Å². The molecule has 0 amide bonds. The molecule has 0 aliphatic heterocycles. The van der Waals surface area contributed by atoms with Crippen molar-refractivity contribution in [3.05, 3.63) is 24.3 Å². The Labute approximate surface area is 116 Å². The molecule has 1 fully saturated rings. The summed E-state index contributed by atoms with van der Waals surface area (Å²) in [5.74, 6) is 0.775. The van der Waals surface area contributed by atoms with Gasteiger partial charge in [-0.3, -0.25) is 0 Å². The Kier molecular flexibility index (Phi) is 4.53. The third-order valence-corrected chi connectivity index (χ3v) is 4.64. The van der Waals surface area contributed by atoms with Gasteiger partial charge < -0.3 is 10.2 Å². The summed E-state index contributed by atoms with van der Waals surface area (Å²) in [5, 5.41) is 3.51. The van der Waals surface area contributed by atoms with Crippen LogP contribution in [0, 0.1) is 5.92 Å². The van der Waals surface area contributed by atoms with Crippen LogP contribution in [0.5, 0.6) is 0 Å². The molecule has 1 aromatic rings. The summed E-state index contributed by atoms with van der Waals surface area (Å²) in [6.45, 7) is 2.37.